The molecule has 0 spiro atoms. The van der Waals surface area contributed by atoms with Gasteiger partial charge in [0.1, 0.15) is 0 Å². The Hall–Kier alpha value is -1.67. The smallest absolute Gasteiger partial charge is 0.399 e. The molecule has 0 aliphatic rings. The van der Waals surface area contributed by atoms with Gasteiger partial charge in [0.25, 0.3) is 0 Å². The molecule has 0 saturated carbocycles. The van der Waals surface area contributed by atoms with Gasteiger partial charge < -0.3 is 4.74 Å². The highest BCUT2D eigenvalue weighted by Gasteiger charge is 2.98. The zero-order chi connectivity index (χ0) is 30.3. The second-order valence-corrected chi connectivity index (χ2v) is 9.90. The van der Waals surface area contributed by atoms with Gasteiger partial charge in [-0.1, -0.05) is 19.4 Å². The number of alkyl halides is 14. The molecule has 0 bridgehead atoms. The Morgan fingerprint density at radius 1 is 0.639 bits per heavy atom. The first-order chi connectivity index (χ1) is 14.8. The maximum atomic E-state index is 13.2. The summed E-state index contributed by atoms with van der Waals surface area (Å²) in [4.78, 5) is 0. The molecule has 1 N–H and O–H groups in total. The van der Waals surface area contributed by atoms with E-state index in [0.717, 1.165) is 0 Å². The second kappa shape index (κ2) is 7.46. The molecular formula is C9HF21O4S2. The van der Waals surface area contributed by atoms with Crippen LogP contribution in [-0.2, 0) is 14.9 Å². The minimum Gasteiger partial charge on any atom is -0.399 e. The van der Waals surface area contributed by atoms with Crippen molar-refractivity contribution in [2.45, 2.75) is 40.3 Å². The molecule has 0 aromatic carbocycles. The normalized spacial score (nSPS) is 18.8. The summed E-state index contributed by atoms with van der Waals surface area (Å²) in [7, 11) is -21.1. The van der Waals surface area contributed by atoms with Crippen LogP contribution in [0.3, 0.4) is 0 Å². The lowest BCUT2D eigenvalue weighted by Gasteiger charge is -2.49. The lowest BCUT2D eigenvalue weighted by molar-refractivity contribution is -0.379. The van der Waals surface area contributed by atoms with Crippen molar-refractivity contribution < 1.29 is 107 Å². The Kier molecular flexibility index (Phi) is 7.12. The molecule has 220 valence electrons. The highest BCUT2D eigenvalue weighted by atomic mass is 32.5. The Balaban J connectivity index is 6.87. The molecule has 27 heteroatoms. The van der Waals surface area contributed by atoms with Crippen molar-refractivity contribution in [1.82, 2.24) is 0 Å². The summed E-state index contributed by atoms with van der Waals surface area (Å²) in [5.41, 5.74) is 0. The third-order valence-electron chi connectivity index (χ3n) is 3.36. The molecule has 0 heterocycles. The van der Waals surface area contributed by atoms with Crippen LogP contribution in [0.2, 0.25) is 0 Å². The van der Waals surface area contributed by atoms with Crippen LogP contribution in [0.25, 0.3) is 0 Å². The fourth-order valence-corrected chi connectivity index (χ4v) is 2.49. The Labute approximate surface area is 181 Å². The summed E-state index contributed by atoms with van der Waals surface area (Å²) in [6.07, 6.45) is -7.78. The van der Waals surface area contributed by atoms with Crippen LogP contribution in [0.4, 0.5) is 89.7 Å². The average Bonchev–Trinajstić information content (AvgIpc) is 2.56. The largest absolute Gasteiger partial charge is 0.474 e. The van der Waals surface area contributed by atoms with Crippen molar-refractivity contribution in [3.8, 4) is 0 Å². The second-order valence-electron chi connectivity index (χ2n) is 5.98. The molecule has 36 heavy (non-hydrogen) atoms. The maximum Gasteiger partial charge on any atom is 0.474 e. The van der Waals surface area contributed by atoms with Gasteiger partial charge in [0.15, 0.2) is 0 Å². The van der Waals surface area contributed by atoms with Crippen LogP contribution < -0.4 is 0 Å². The Morgan fingerprint density at radius 2 is 0.972 bits per heavy atom. The molecule has 0 fully saturated rings. The van der Waals surface area contributed by atoms with E-state index in [-0.39, 0.29) is 0 Å². The van der Waals surface area contributed by atoms with Gasteiger partial charge in [-0.15, -0.1) is 0 Å². The van der Waals surface area contributed by atoms with Gasteiger partial charge in [-0.2, -0.15) is 78.7 Å². The molecule has 0 aromatic rings. The van der Waals surface area contributed by atoms with Gasteiger partial charge in [-0.05, 0) is 0 Å². The van der Waals surface area contributed by atoms with Crippen molar-refractivity contribution in [3.05, 3.63) is 11.8 Å². The summed E-state index contributed by atoms with van der Waals surface area (Å²) in [5, 5.41) is -17.1. The topological polar surface area (TPSA) is 63.6 Å². The quantitative estimate of drug-likeness (QED) is 0.152. The van der Waals surface area contributed by atoms with E-state index in [4.69, 9.17) is 4.55 Å². The van der Waals surface area contributed by atoms with E-state index in [9.17, 15) is 98.1 Å². The SMILES string of the molecule is O=S(=O)(O)C(F)(F)C(F)(F)C(F)(F)O/C(F)=C(\F)C(F)(F)C(F)(F)C(F)(F)C(F)(F)S(F)(F)(F)(F)F. The van der Waals surface area contributed by atoms with Gasteiger partial charge >= 0.3 is 66.7 Å². The lowest BCUT2D eigenvalue weighted by Crippen LogP contribution is -2.65. The fraction of sp³-hybridized carbons (Fsp3) is 0.778. The number of halogens is 21. The predicted molar refractivity (Wildman–Crippen MR) is 69.6 cm³/mol. The molecule has 0 aliphatic carbocycles. The monoisotopic (exact) mass is 636 g/mol. The number of rotatable bonds is 10. The first kappa shape index (κ1) is 34.3. The maximum absolute atomic E-state index is 13.4. The van der Waals surface area contributed by atoms with Gasteiger partial charge in [0, 0.05) is 0 Å². The van der Waals surface area contributed by atoms with Crippen molar-refractivity contribution >= 4 is 20.3 Å². The molecule has 0 saturated heterocycles. The van der Waals surface area contributed by atoms with E-state index in [1.165, 1.54) is 4.74 Å². The highest BCUT2D eigenvalue weighted by molar-refractivity contribution is 8.46. The summed E-state index contributed by atoms with van der Waals surface area (Å²) in [5.74, 6) is -40.1. The van der Waals surface area contributed by atoms with E-state index < -0.39 is 72.5 Å². The minimum atomic E-state index is -13.4. The first-order valence-corrected chi connectivity index (χ1v) is 10.3. The van der Waals surface area contributed by atoms with E-state index >= 15 is 0 Å². The molecule has 0 unspecified atom stereocenters. The highest BCUT2D eigenvalue weighted by Crippen LogP contribution is 3.06. The molecular weight excluding hydrogens is 635 g/mol. The Bertz CT molecular complexity index is 1020. The molecule has 0 atom stereocenters. The van der Waals surface area contributed by atoms with E-state index in [0.29, 0.717) is 0 Å². The number of hydrogen-bond donors (Lipinski definition) is 1. The molecule has 0 radical (unpaired) electrons. The average molecular weight is 636 g/mol. The molecule has 4 nitrogen and oxygen atoms in total. The van der Waals surface area contributed by atoms with Gasteiger partial charge in [0.05, 0.1) is 0 Å². The lowest BCUT2D eigenvalue weighted by atomic mass is 10.0. The minimum absolute atomic E-state index is 1.42. The standard InChI is InChI=1S/C9HF21O4S2/c10-1(2(11)34-7(20,21)6(18,19)8(22,23)35(31,32)33)3(12,13)4(14,15)5(16,17)9(24,25)36(26,27,28,29)30/h(H,31,32,33)/b2-1-. The van der Waals surface area contributed by atoms with E-state index in [1.807, 2.05) is 0 Å². The third-order valence-corrected chi connectivity index (χ3v) is 5.49. The molecule has 0 aliphatic heterocycles. The summed E-state index contributed by atoms with van der Waals surface area (Å²) >= 11 is 0. The van der Waals surface area contributed by atoms with Crippen molar-refractivity contribution in [2.75, 3.05) is 0 Å². The zero-order valence-electron chi connectivity index (χ0n) is 14.9. The van der Waals surface area contributed by atoms with E-state index in [1.54, 1.807) is 0 Å². The summed E-state index contributed by atoms with van der Waals surface area (Å²) in [6.45, 7) is 0. The van der Waals surface area contributed by atoms with Gasteiger partial charge in [-0.3, -0.25) is 4.55 Å². The number of hydrogen-bond acceptors (Lipinski definition) is 3. The van der Waals surface area contributed by atoms with Gasteiger partial charge in [-0.25, -0.2) is 0 Å². The van der Waals surface area contributed by atoms with E-state index in [2.05, 4.69) is 0 Å². The molecule has 0 rings (SSSR count). The van der Waals surface area contributed by atoms with Crippen LogP contribution in [0.5, 0.6) is 0 Å². The van der Waals surface area contributed by atoms with Crippen LogP contribution in [-0.4, -0.2) is 53.3 Å². The fourth-order valence-electron chi connectivity index (χ4n) is 1.44. The van der Waals surface area contributed by atoms with Crippen LogP contribution in [0, 0.1) is 0 Å². The summed E-state index contributed by atoms with van der Waals surface area (Å²) < 4.78 is 296. The zero-order valence-corrected chi connectivity index (χ0v) is 16.6. The van der Waals surface area contributed by atoms with Crippen molar-refractivity contribution in [3.63, 3.8) is 0 Å². The van der Waals surface area contributed by atoms with Crippen LogP contribution in [0.1, 0.15) is 0 Å². The van der Waals surface area contributed by atoms with Crippen LogP contribution >= 0.6 is 10.2 Å². The number of allylic oxidation sites excluding steroid dienone is 1. The third kappa shape index (κ3) is 4.68. The predicted octanol–water partition coefficient (Wildman–Crippen LogP) is 7.62. The Morgan fingerprint density at radius 3 is 1.25 bits per heavy atom. The molecule has 0 amide bonds. The number of ether oxygens (including phenoxy) is 1. The van der Waals surface area contributed by atoms with Crippen molar-refractivity contribution in [2.24, 2.45) is 0 Å². The summed E-state index contributed by atoms with van der Waals surface area (Å²) in [6, 6.07) is -5.21. The molecule has 0 aromatic heterocycles. The van der Waals surface area contributed by atoms with Crippen LogP contribution in [0.15, 0.2) is 11.8 Å². The van der Waals surface area contributed by atoms with Crippen molar-refractivity contribution in [1.29, 1.82) is 0 Å². The van der Waals surface area contributed by atoms with Gasteiger partial charge in [0.2, 0.25) is 5.83 Å². The first-order valence-electron chi connectivity index (χ1n) is 6.88.